The first-order valence-corrected chi connectivity index (χ1v) is 9.08. The van der Waals surface area contributed by atoms with E-state index in [1.54, 1.807) is 48.5 Å². The number of amides is 2. The predicted molar refractivity (Wildman–Crippen MR) is 108 cm³/mol. The Labute approximate surface area is 168 Å². The fourth-order valence-electron chi connectivity index (χ4n) is 2.47. The van der Waals surface area contributed by atoms with Crippen LogP contribution in [-0.4, -0.2) is 11.8 Å². The molecule has 0 aromatic heterocycles. The van der Waals surface area contributed by atoms with Crippen LogP contribution in [0.2, 0.25) is 5.02 Å². The maximum absolute atomic E-state index is 12.2. The number of ether oxygens (including phenoxy) is 1. The van der Waals surface area contributed by atoms with Gasteiger partial charge in [-0.05, 0) is 47.5 Å². The second-order valence-corrected chi connectivity index (χ2v) is 6.54. The van der Waals surface area contributed by atoms with Crippen LogP contribution in [-0.2, 0) is 17.8 Å². The third-order valence-electron chi connectivity index (χ3n) is 3.96. The average Bonchev–Trinajstić information content (AvgIpc) is 2.73. The number of benzene rings is 3. The lowest BCUT2D eigenvalue weighted by molar-refractivity contribution is -0.121. The first-order chi connectivity index (χ1) is 13.6. The van der Waals surface area contributed by atoms with Crippen LogP contribution < -0.4 is 15.6 Å². The Morgan fingerprint density at radius 2 is 1.46 bits per heavy atom. The molecule has 5 nitrogen and oxygen atoms in total. The molecule has 28 heavy (non-hydrogen) atoms. The first-order valence-electron chi connectivity index (χ1n) is 8.70. The Morgan fingerprint density at radius 3 is 2.14 bits per heavy atom. The van der Waals surface area contributed by atoms with E-state index in [1.165, 1.54) is 0 Å². The number of hydrazine groups is 1. The number of rotatable bonds is 6. The summed E-state index contributed by atoms with van der Waals surface area (Å²) in [5.41, 5.74) is 7.07. The molecule has 0 radical (unpaired) electrons. The number of nitrogens with one attached hydrogen (secondary N) is 2. The molecule has 6 heteroatoms. The van der Waals surface area contributed by atoms with Crippen molar-refractivity contribution in [2.75, 3.05) is 0 Å². The minimum Gasteiger partial charge on any atom is -0.489 e. The minimum atomic E-state index is -0.383. The van der Waals surface area contributed by atoms with Gasteiger partial charge in [0.2, 0.25) is 5.91 Å². The Kier molecular flexibility index (Phi) is 6.65. The van der Waals surface area contributed by atoms with Gasteiger partial charge in [0.25, 0.3) is 5.91 Å². The molecule has 0 aliphatic rings. The van der Waals surface area contributed by atoms with Crippen molar-refractivity contribution >= 4 is 23.4 Å². The van der Waals surface area contributed by atoms with E-state index in [0.29, 0.717) is 22.9 Å². The van der Waals surface area contributed by atoms with Gasteiger partial charge in [0, 0.05) is 10.6 Å². The molecule has 0 atom stereocenters. The molecule has 0 saturated heterocycles. The highest BCUT2D eigenvalue weighted by atomic mass is 35.5. The van der Waals surface area contributed by atoms with Gasteiger partial charge in [-0.25, -0.2) is 0 Å². The molecule has 2 amide bonds. The molecule has 0 fully saturated rings. The zero-order valence-corrected chi connectivity index (χ0v) is 15.8. The second kappa shape index (κ2) is 9.58. The Hall–Kier alpha value is -3.31. The molecule has 3 rings (SSSR count). The van der Waals surface area contributed by atoms with Crippen molar-refractivity contribution in [3.63, 3.8) is 0 Å². The normalized spacial score (nSPS) is 10.2. The number of halogens is 1. The fraction of sp³-hybridized carbons (Fsp3) is 0.0909. The molecule has 0 heterocycles. The van der Waals surface area contributed by atoms with Gasteiger partial charge >= 0.3 is 0 Å². The highest BCUT2D eigenvalue weighted by Crippen LogP contribution is 2.17. The molecule has 3 aromatic carbocycles. The molecular weight excluding hydrogens is 376 g/mol. The number of carbonyl (C=O) groups excluding carboxylic acids is 2. The van der Waals surface area contributed by atoms with E-state index in [0.717, 1.165) is 11.1 Å². The van der Waals surface area contributed by atoms with Crippen LogP contribution in [0.4, 0.5) is 0 Å². The lowest BCUT2D eigenvalue weighted by Gasteiger charge is -2.09. The molecule has 3 aromatic rings. The van der Waals surface area contributed by atoms with Gasteiger partial charge in [-0.1, -0.05) is 54.1 Å². The average molecular weight is 395 g/mol. The Balaban J connectivity index is 1.46. The largest absolute Gasteiger partial charge is 0.489 e. The van der Waals surface area contributed by atoms with E-state index < -0.39 is 0 Å². The molecule has 0 spiro atoms. The molecule has 0 aliphatic carbocycles. The third-order valence-corrected chi connectivity index (χ3v) is 4.21. The number of hydrogen-bond donors (Lipinski definition) is 2. The minimum absolute atomic E-state index is 0.197. The van der Waals surface area contributed by atoms with Gasteiger partial charge in [0.15, 0.2) is 0 Å². The molecule has 142 valence electrons. The maximum Gasteiger partial charge on any atom is 0.269 e. The lowest BCUT2D eigenvalue weighted by atomic mass is 10.1. The maximum atomic E-state index is 12.2. The van der Waals surface area contributed by atoms with Crippen molar-refractivity contribution < 1.29 is 14.3 Å². The van der Waals surface area contributed by atoms with E-state index in [-0.39, 0.29) is 18.2 Å². The Morgan fingerprint density at radius 1 is 0.786 bits per heavy atom. The monoisotopic (exact) mass is 394 g/mol. The van der Waals surface area contributed by atoms with Crippen molar-refractivity contribution in [1.29, 1.82) is 0 Å². The van der Waals surface area contributed by atoms with Crippen LogP contribution in [0.1, 0.15) is 21.5 Å². The van der Waals surface area contributed by atoms with Gasteiger partial charge in [-0.15, -0.1) is 0 Å². The first kappa shape index (κ1) is 19.5. The van der Waals surface area contributed by atoms with Crippen LogP contribution in [0.15, 0.2) is 78.9 Å². The van der Waals surface area contributed by atoms with Gasteiger partial charge in [-0.2, -0.15) is 0 Å². The predicted octanol–water partition coefficient (Wildman–Crippen LogP) is 3.92. The molecule has 0 aliphatic heterocycles. The Bertz CT molecular complexity index is 926. The van der Waals surface area contributed by atoms with Crippen molar-refractivity contribution in [2.24, 2.45) is 0 Å². The summed E-state index contributed by atoms with van der Waals surface area (Å²) >= 11 is 5.84. The van der Waals surface area contributed by atoms with Crippen molar-refractivity contribution in [3.05, 3.63) is 101 Å². The van der Waals surface area contributed by atoms with E-state index in [2.05, 4.69) is 10.9 Å². The van der Waals surface area contributed by atoms with E-state index >= 15 is 0 Å². The summed E-state index contributed by atoms with van der Waals surface area (Å²) in [6.45, 7) is 0.372. The van der Waals surface area contributed by atoms with Gasteiger partial charge < -0.3 is 4.74 Å². The zero-order chi connectivity index (χ0) is 19.8. The van der Waals surface area contributed by atoms with Crippen molar-refractivity contribution in [2.45, 2.75) is 13.0 Å². The topological polar surface area (TPSA) is 67.4 Å². The molecule has 0 saturated carbocycles. The van der Waals surface area contributed by atoms with Crippen LogP contribution in [0, 0.1) is 0 Å². The van der Waals surface area contributed by atoms with Gasteiger partial charge in [-0.3, -0.25) is 20.4 Å². The lowest BCUT2D eigenvalue weighted by Crippen LogP contribution is -2.42. The van der Waals surface area contributed by atoms with E-state index in [4.69, 9.17) is 16.3 Å². The summed E-state index contributed by atoms with van der Waals surface area (Å²) in [5, 5.41) is 0.651. The van der Waals surface area contributed by atoms with Crippen LogP contribution in [0.25, 0.3) is 0 Å². The standard InChI is InChI=1S/C22H19ClN2O3/c23-19-10-12-20(13-11-19)28-15-17-6-8-18(9-7-17)22(27)25-24-21(26)14-16-4-2-1-3-5-16/h1-13H,14-15H2,(H,24,26)(H,25,27). The smallest absolute Gasteiger partial charge is 0.269 e. The van der Waals surface area contributed by atoms with Crippen LogP contribution in [0.5, 0.6) is 5.75 Å². The van der Waals surface area contributed by atoms with Crippen molar-refractivity contribution in [3.8, 4) is 5.75 Å². The summed E-state index contributed by atoms with van der Waals surface area (Å²) in [6.07, 6.45) is 0.197. The van der Waals surface area contributed by atoms with Crippen molar-refractivity contribution in [1.82, 2.24) is 10.9 Å². The van der Waals surface area contributed by atoms with Gasteiger partial charge in [0.1, 0.15) is 12.4 Å². The van der Waals surface area contributed by atoms with Gasteiger partial charge in [0.05, 0.1) is 6.42 Å². The highest BCUT2D eigenvalue weighted by Gasteiger charge is 2.08. The molecule has 0 unspecified atom stereocenters. The highest BCUT2D eigenvalue weighted by molar-refractivity contribution is 6.30. The summed E-state index contributed by atoms with van der Waals surface area (Å²) in [6, 6.07) is 23.4. The van der Waals surface area contributed by atoms with E-state index in [1.807, 2.05) is 30.3 Å². The summed E-state index contributed by atoms with van der Waals surface area (Å²) < 4.78 is 5.67. The second-order valence-electron chi connectivity index (χ2n) is 6.10. The summed E-state index contributed by atoms with van der Waals surface area (Å²) in [5.74, 6) is 0.0477. The summed E-state index contributed by atoms with van der Waals surface area (Å²) in [7, 11) is 0. The van der Waals surface area contributed by atoms with Crippen LogP contribution in [0.3, 0.4) is 0 Å². The van der Waals surface area contributed by atoms with E-state index in [9.17, 15) is 9.59 Å². The molecule has 2 N–H and O–H groups in total. The molecular formula is C22H19ClN2O3. The molecule has 0 bridgehead atoms. The quantitative estimate of drug-likeness (QED) is 0.622. The third kappa shape index (κ3) is 5.86. The number of hydrogen-bond acceptors (Lipinski definition) is 3. The number of carbonyl (C=O) groups is 2. The SMILES string of the molecule is O=C(Cc1ccccc1)NNC(=O)c1ccc(COc2ccc(Cl)cc2)cc1. The fourth-order valence-corrected chi connectivity index (χ4v) is 2.60. The summed E-state index contributed by atoms with van der Waals surface area (Å²) in [4.78, 5) is 24.0. The zero-order valence-electron chi connectivity index (χ0n) is 15.0. The van der Waals surface area contributed by atoms with Crippen LogP contribution >= 0.6 is 11.6 Å².